The highest BCUT2D eigenvalue weighted by molar-refractivity contribution is 6.14. The van der Waals surface area contributed by atoms with Crippen molar-refractivity contribution in [2.75, 3.05) is 0 Å². The van der Waals surface area contributed by atoms with Crippen LogP contribution in [-0.4, -0.2) is 24.1 Å². The zero-order valence-corrected chi connectivity index (χ0v) is 44.6. The van der Waals surface area contributed by atoms with Gasteiger partial charge in [-0.3, -0.25) is 0 Å². The Hall–Kier alpha value is -12.5. The van der Waals surface area contributed by atoms with E-state index in [4.69, 9.17) is 28.1 Å². The van der Waals surface area contributed by atoms with Crippen molar-refractivity contribution in [2.45, 2.75) is 0 Å². The van der Waals surface area contributed by atoms with Crippen LogP contribution in [0.5, 0.6) is 0 Å². The summed E-state index contributed by atoms with van der Waals surface area (Å²) >= 11 is 0. The molecule has 0 bridgehead atoms. The second-order valence-electron chi connectivity index (χ2n) is 20.3. The van der Waals surface area contributed by atoms with Gasteiger partial charge in [-0.05, 0) is 129 Å². The van der Waals surface area contributed by atoms with Crippen molar-refractivity contribution in [3.8, 4) is 108 Å². The molecule has 11 aromatic carbocycles. The molecule has 0 aliphatic heterocycles. The quantitative estimate of drug-likeness (QED) is 0.132. The fourth-order valence-electron chi connectivity index (χ4n) is 11.4. The molecule has 0 spiro atoms. The molecule has 0 radical (unpaired) electrons. The lowest BCUT2D eigenvalue weighted by Crippen LogP contribution is -2.07. The molecule has 386 valence electrons. The third-order valence-electron chi connectivity index (χ3n) is 15.5. The Morgan fingerprint density at radius 2 is 0.595 bits per heavy atom. The van der Waals surface area contributed by atoms with Crippen molar-refractivity contribution >= 4 is 55.0 Å². The largest absolute Gasteiger partial charge is 0.308 e. The summed E-state index contributed by atoms with van der Waals surface area (Å²) in [5.74, 6) is 1.37. The van der Waals surface area contributed by atoms with E-state index in [1.165, 1.54) is 0 Å². The van der Waals surface area contributed by atoms with Crippen molar-refractivity contribution in [3.63, 3.8) is 0 Å². The molecule has 0 saturated carbocycles. The molecule has 0 amide bonds. The van der Waals surface area contributed by atoms with Gasteiger partial charge in [0.25, 0.3) is 0 Å². The van der Waals surface area contributed by atoms with E-state index in [0.29, 0.717) is 62.5 Å². The Morgan fingerprint density at radius 3 is 0.893 bits per heavy atom. The minimum absolute atomic E-state index is 0.391. The van der Waals surface area contributed by atoms with Gasteiger partial charge in [0.2, 0.25) is 0 Å². The average molecular weight is 1070 g/mol. The minimum Gasteiger partial charge on any atom is -0.308 e. The van der Waals surface area contributed by atoms with Gasteiger partial charge in [0.05, 0.1) is 69.9 Å². The van der Waals surface area contributed by atoms with Gasteiger partial charge in [-0.1, -0.05) is 158 Å². The van der Waals surface area contributed by atoms with E-state index < -0.39 is 0 Å². The van der Waals surface area contributed by atoms with Crippen molar-refractivity contribution in [1.82, 2.24) is 24.1 Å². The third-order valence-corrected chi connectivity index (χ3v) is 15.5. The van der Waals surface area contributed by atoms with Crippen molar-refractivity contribution in [3.05, 3.63) is 282 Å². The van der Waals surface area contributed by atoms with Crippen LogP contribution < -0.4 is 0 Å². The predicted molar refractivity (Wildman–Crippen MR) is 333 cm³/mol. The molecule has 0 aliphatic rings. The summed E-state index contributed by atoms with van der Waals surface area (Å²) < 4.78 is 4.34. The fraction of sp³-hybridized carbons (Fsp3) is 0. The zero-order chi connectivity index (χ0) is 56.8. The Morgan fingerprint density at radius 1 is 0.298 bits per heavy atom. The summed E-state index contributed by atoms with van der Waals surface area (Å²) in [6.07, 6.45) is 0. The highest BCUT2D eigenvalue weighted by atomic mass is 15.1. The second kappa shape index (κ2) is 20.6. The molecular weight excluding hydrogens is 1030 g/mol. The number of hydrogen-bond donors (Lipinski definition) is 0. The standard InChI is InChI=1S/C74H40N10/c1-78-59-29-21-50(22-30-59)56-27-35-68-63(39-56)64-40-57(51-23-31-60(79-2)32-24-51)28-36-69(64)84(68)71-42-58(74-81-72(52-9-5-3-6-10-52)80-73(82-74)53-11-7-4-8-12-53)41-70(65(71)45-77)83-66-33-25-54(48-17-13-46(43-75)14-18-48)37-61(66)62-38-55(26-34-67(62)83)49-19-15-47(44-76)16-20-49/h3-42H. The van der Waals surface area contributed by atoms with Crippen LogP contribution in [0.25, 0.3) is 143 Å². The topological polar surface area (TPSA) is 129 Å². The van der Waals surface area contributed by atoms with Crippen LogP contribution in [0.4, 0.5) is 11.4 Å². The van der Waals surface area contributed by atoms with Gasteiger partial charge in [-0.25, -0.2) is 24.6 Å². The summed E-state index contributed by atoms with van der Waals surface area (Å²) in [7, 11) is 0. The van der Waals surface area contributed by atoms with Gasteiger partial charge >= 0.3 is 0 Å². The van der Waals surface area contributed by atoms with Crippen LogP contribution in [0.15, 0.2) is 243 Å². The number of rotatable bonds is 9. The van der Waals surface area contributed by atoms with Gasteiger partial charge in [0, 0.05) is 38.2 Å². The summed E-state index contributed by atoms with van der Waals surface area (Å²) in [6.45, 7) is 15.2. The number of benzene rings is 11. The summed E-state index contributed by atoms with van der Waals surface area (Å²) in [5, 5.41) is 35.2. The highest BCUT2D eigenvalue weighted by Gasteiger charge is 2.25. The lowest BCUT2D eigenvalue weighted by atomic mass is 9.99. The molecule has 0 saturated heterocycles. The fourth-order valence-corrected chi connectivity index (χ4v) is 11.4. The number of nitriles is 3. The van der Waals surface area contributed by atoms with Crippen molar-refractivity contribution in [2.24, 2.45) is 0 Å². The number of aromatic nitrogens is 5. The van der Waals surface area contributed by atoms with Gasteiger partial charge in [0.15, 0.2) is 28.8 Å². The van der Waals surface area contributed by atoms with Crippen LogP contribution in [-0.2, 0) is 0 Å². The minimum atomic E-state index is 0.391. The molecule has 0 aliphatic carbocycles. The van der Waals surface area contributed by atoms with Gasteiger partial charge in [-0.2, -0.15) is 15.8 Å². The van der Waals surface area contributed by atoms with E-state index in [9.17, 15) is 15.8 Å². The summed E-state index contributed by atoms with van der Waals surface area (Å²) in [6, 6.07) is 86.7. The smallest absolute Gasteiger partial charge is 0.187 e. The maximum Gasteiger partial charge on any atom is 0.187 e. The molecule has 0 N–H and O–H groups in total. The van der Waals surface area contributed by atoms with E-state index in [-0.39, 0.29) is 0 Å². The van der Waals surface area contributed by atoms with E-state index in [2.05, 4.69) is 110 Å². The first-order valence-corrected chi connectivity index (χ1v) is 27.0. The normalized spacial score (nSPS) is 11.0. The molecule has 0 unspecified atom stereocenters. The van der Waals surface area contributed by atoms with Crippen LogP contribution in [0.2, 0.25) is 0 Å². The van der Waals surface area contributed by atoms with E-state index >= 15 is 0 Å². The number of fused-ring (bicyclic) bond motifs is 6. The first-order valence-electron chi connectivity index (χ1n) is 27.0. The SMILES string of the molecule is [C-]#[N+]c1ccc(-c2ccc3c(c2)c2cc(-c4ccc([N+]#[C-])cc4)ccc2n3-c2cc(-c3nc(-c4ccccc4)nc(-c4ccccc4)n3)cc(-n3c4ccc(-c5ccc(C#N)cc5)cc4c4cc(-c5ccc(C#N)cc5)ccc43)c2C#N)cc1. The van der Waals surface area contributed by atoms with Crippen molar-refractivity contribution < 1.29 is 0 Å². The molecule has 0 fully saturated rings. The average Bonchev–Trinajstić information content (AvgIpc) is 4.14. The van der Waals surface area contributed by atoms with E-state index in [1.54, 1.807) is 0 Å². The Bertz CT molecular complexity index is 4650. The predicted octanol–water partition coefficient (Wildman–Crippen LogP) is 18.5. The van der Waals surface area contributed by atoms with Crippen LogP contribution in [0.3, 0.4) is 0 Å². The lowest BCUT2D eigenvalue weighted by molar-refractivity contribution is 1.06. The number of hydrogen-bond acceptors (Lipinski definition) is 6. The summed E-state index contributed by atoms with van der Waals surface area (Å²) in [5.41, 5.74) is 17.1. The molecule has 0 atom stereocenters. The van der Waals surface area contributed by atoms with E-state index in [1.807, 2.05) is 170 Å². The Balaban J connectivity index is 1.09. The van der Waals surface area contributed by atoms with Gasteiger partial charge in [-0.15, -0.1) is 0 Å². The van der Waals surface area contributed by atoms with Gasteiger partial charge in [0.1, 0.15) is 11.6 Å². The van der Waals surface area contributed by atoms with Gasteiger partial charge < -0.3 is 9.13 Å². The first-order chi connectivity index (χ1) is 41.4. The number of nitrogens with zero attached hydrogens (tertiary/aromatic N) is 10. The van der Waals surface area contributed by atoms with Crippen LogP contribution >= 0.6 is 0 Å². The molecule has 3 aromatic heterocycles. The second-order valence-corrected chi connectivity index (χ2v) is 20.3. The first kappa shape index (κ1) is 49.8. The molecule has 14 rings (SSSR count). The highest BCUT2D eigenvalue weighted by Crippen LogP contribution is 2.44. The molecule has 84 heavy (non-hydrogen) atoms. The van der Waals surface area contributed by atoms with Crippen molar-refractivity contribution in [1.29, 1.82) is 15.8 Å². The Kier molecular flexibility index (Phi) is 12.2. The molecular formula is C74H40N10. The molecule has 14 aromatic rings. The summed E-state index contributed by atoms with van der Waals surface area (Å²) in [4.78, 5) is 22.9. The maximum atomic E-state index is 12.1. The molecule has 3 heterocycles. The monoisotopic (exact) mass is 1070 g/mol. The van der Waals surface area contributed by atoms with Crippen LogP contribution in [0, 0.1) is 47.1 Å². The molecule has 10 nitrogen and oxygen atoms in total. The maximum absolute atomic E-state index is 12.1. The zero-order valence-electron chi connectivity index (χ0n) is 44.6. The van der Waals surface area contributed by atoms with Crippen LogP contribution in [0.1, 0.15) is 16.7 Å². The Labute approximate surface area is 482 Å². The van der Waals surface area contributed by atoms with E-state index in [0.717, 1.165) is 99.2 Å². The third kappa shape index (κ3) is 8.70. The molecule has 10 heteroatoms. The lowest BCUT2D eigenvalue weighted by Gasteiger charge is -2.18.